The highest BCUT2D eigenvalue weighted by atomic mass is 32.1. The summed E-state index contributed by atoms with van der Waals surface area (Å²) in [7, 11) is 1.92. The van der Waals surface area contributed by atoms with Crippen LogP contribution in [0.25, 0.3) is 21.3 Å². The molecule has 1 aliphatic rings. The van der Waals surface area contributed by atoms with E-state index in [1.807, 2.05) is 29.8 Å². The van der Waals surface area contributed by atoms with Crippen LogP contribution in [0, 0.1) is 5.41 Å². The number of nitrogens with zero attached hydrogens (tertiary/aromatic N) is 8. The Morgan fingerprint density at radius 2 is 1.77 bits per heavy atom. The average molecular weight is 562 g/mol. The van der Waals surface area contributed by atoms with E-state index in [1.165, 1.54) is 16.2 Å². The van der Waals surface area contributed by atoms with Crippen molar-refractivity contribution in [1.82, 2.24) is 24.9 Å². The highest BCUT2D eigenvalue weighted by Crippen LogP contribution is 2.36. The number of aromatic nitrogens is 5. The highest BCUT2D eigenvalue weighted by molar-refractivity contribution is 7.22. The number of carbonyl (C=O) groups excluding carboxylic acids is 1. The Labute approximate surface area is 235 Å². The Morgan fingerprint density at radius 1 is 1.10 bits per heavy atom. The Kier molecular flexibility index (Phi) is 7.48. The molecule has 0 spiro atoms. The molecule has 1 aromatic carbocycles. The number of anilines is 3. The van der Waals surface area contributed by atoms with Gasteiger partial charge in [-0.25, -0.2) is 29.7 Å². The molecule has 0 saturated carbocycles. The van der Waals surface area contributed by atoms with Crippen molar-refractivity contribution in [3.8, 4) is 11.1 Å². The number of rotatable bonds is 8. The molecule has 4 heterocycles. The number of amides is 2. The first-order chi connectivity index (χ1) is 19.2. The van der Waals surface area contributed by atoms with E-state index < -0.39 is 17.4 Å². The van der Waals surface area contributed by atoms with Crippen LogP contribution < -0.4 is 20.4 Å². The average Bonchev–Trinajstić information content (AvgIpc) is 3.38. The fraction of sp³-hybridized carbons (Fsp3) is 0.370. The van der Waals surface area contributed by atoms with Crippen LogP contribution in [0.4, 0.5) is 21.8 Å². The van der Waals surface area contributed by atoms with Crippen LogP contribution in [0.5, 0.6) is 0 Å². The summed E-state index contributed by atoms with van der Waals surface area (Å²) < 4.78 is 0.938. The number of urea groups is 1. The largest absolute Gasteiger partial charge is 0.481 e. The molecule has 0 unspecified atom stereocenters. The quantitative estimate of drug-likeness (QED) is 0.325. The molecule has 3 aromatic heterocycles. The van der Waals surface area contributed by atoms with Crippen molar-refractivity contribution in [2.45, 2.75) is 33.2 Å². The molecule has 0 radical (unpaired) electrons. The Balaban J connectivity index is 1.47. The lowest BCUT2D eigenvalue weighted by atomic mass is 9.80. The molecule has 3 N–H and O–H groups in total. The van der Waals surface area contributed by atoms with Gasteiger partial charge in [0.05, 0.1) is 15.6 Å². The number of carboxylic acids is 1. The van der Waals surface area contributed by atoms with E-state index >= 15 is 0 Å². The third-order valence-corrected chi connectivity index (χ3v) is 8.48. The smallest absolute Gasteiger partial charge is 0.321 e. The minimum Gasteiger partial charge on any atom is -0.481 e. The molecule has 0 bridgehead atoms. The van der Waals surface area contributed by atoms with Crippen LogP contribution in [0.2, 0.25) is 0 Å². The van der Waals surface area contributed by atoms with Gasteiger partial charge in [-0.05, 0) is 56.0 Å². The fourth-order valence-electron chi connectivity index (χ4n) is 4.74. The van der Waals surface area contributed by atoms with Gasteiger partial charge in [0.25, 0.3) is 0 Å². The Hall–Kier alpha value is -4.39. The topological polar surface area (TPSA) is 155 Å². The number of piperidine rings is 1. The predicted octanol–water partition coefficient (Wildman–Crippen LogP) is 3.78. The second-order valence-corrected chi connectivity index (χ2v) is 11.1. The van der Waals surface area contributed by atoms with Gasteiger partial charge >= 0.3 is 12.0 Å². The van der Waals surface area contributed by atoms with Crippen molar-refractivity contribution in [3.63, 3.8) is 0 Å². The molecular weight excluding hydrogens is 530 g/mol. The molecule has 0 aliphatic carbocycles. The van der Waals surface area contributed by atoms with Gasteiger partial charge in [0.15, 0.2) is 5.13 Å². The van der Waals surface area contributed by atoms with Gasteiger partial charge in [-0.15, -0.1) is 0 Å². The second kappa shape index (κ2) is 11.0. The van der Waals surface area contributed by atoms with Crippen LogP contribution in [0.3, 0.4) is 0 Å². The van der Waals surface area contributed by atoms with Gasteiger partial charge in [0.2, 0.25) is 11.9 Å². The first-order valence-electron chi connectivity index (χ1n) is 13.0. The number of nitrogens with two attached hydrogens (primary N) is 1. The van der Waals surface area contributed by atoms with E-state index in [0.717, 1.165) is 26.9 Å². The van der Waals surface area contributed by atoms with Crippen LogP contribution in [-0.4, -0.2) is 68.7 Å². The van der Waals surface area contributed by atoms with Gasteiger partial charge in [-0.2, -0.15) is 0 Å². The van der Waals surface area contributed by atoms with E-state index in [-0.39, 0.29) is 0 Å². The van der Waals surface area contributed by atoms with Gasteiger partial charge < -0.3 is 20.6 Å². The lowest BCUT2D eigenvalue weighted by molar-refractivity contribution is -0.149. The summed E-state index contributed by atoms with van der Waals surface area (Å²) in [5, 5.41) is 10.1. The lowest BCUT2D eigenvalue weighted by Gasteiger charge is -2.36. The van der Waals surface area contributed by atoms with Gasteiger partial charge in [0.1, 0.15) is 0 Å². The molecule has 40 heavy (non-hydrogen) atoms. The molecule has 13 heteroatoms. The van der Waals surface area contributed by atoms with Crippen molar-refractivity contribution >= 4 is 50.6 Å². The SMILES string of the molecule is CCN(C(N)=O)c1nc2cc(-c3cnc(N4CCC(C)(C(=O)O)CC4)nc3)cc(CN(C)c3ncccn3)c2s1. The summed E-state index contributed by atoms with van der Waals surface area (Å²) in [6.45, 7) is 5.73. The van der Waals surface area contributed by atoms with E-state index in [9.17, 15) is 14.7 Å². The van der Waals surface area contributed by atoms with Crippen LogP contribution in [-0.2, 0) is 11.3 Å². The number of thiazole rings is 1. The number of aliphatic carboxylic acids is 1. The van der Waals surface area contributed by atoms with E-state index in [2.05, 4.69) is 26.0 Å². The number of fused-ring (bicyclic) bond motifs is 1. The molecule has 4 aromatic rings. The Morgan fingerprint density at radius 3 is 2.38 bits per heavy atom. The minimum absolute atomic E-state index is 0.409. The molecule has 12 nitrogen and oxygen atoms in total. The van der Waals surface area contributed by atoms with Crippen molar-refractivity contribution in [2.75, 3.05) is 41.4 Å². The maximum atomic E-state index is 12.0. The Bertz CT molecular complexity index is 1520. The number of primary amides is 1. The van der Waals surface area contributed by atoms with E-state index in [4.69, 9.17) is 10.7 Å². The summed E-state index contributed by atoms with van der Waals surface area (Å²) in [5.41, 5.74) is 8.31. The molecule has 5 rings (SSSR count). The zero-order chi connectivity index (χ0) is 28.4. The molecule has 0 atom stereocenters. The van der Waals surface area contributed by atoms with Crippen molar-refractivity contribution in [3.05, 3.63) is 48.5 Å². The normalized spacial score (nSPS) is 14.7. The summed E-state index contributed by atoms with van der Waals surface area (Å²) in [6, 6.07) is 5.25. The van der Waals surface area contributed by atoms with Gasteiger partial charge in [-0.1, -0.05) is 11.3 Å². The fourth-order valence-corrected chi connectivity index (χ4v) is 5.86. The maximum absolute atomic E-state index is 12.0. The minimum atomic E-state index is -0.762. The number of hydrogen-bond acceptors (Lipinski definition) is 10. The summed E-state index contributed by atoms with van der Waals surface area (Å²) >= 11 is 1.42. The second-order valence-electron chi connectivity index (χ2n) is 10.1. The molecular formula is C27H31N9O3S. The highest BCUT2D eigenvalue weighted by Gasteiger charge is 2.37. The third-order valence-electron chi connectivity index (χ3n) is 7.31. The zero-order valence-corrected chi connectivity index (χ0v) is 23.4. The first kappa shape index (κ1) is 27.2. The zero-order valence-electron chi connectivity index (χ0n) is 22.6. The molecule has 1 saturated heterocycles. The third kappa shape index (κ3) is 5.37. The standard InChI is InChI=1S/C27H31N9O3S/c1-4-36(23(28)39)26-33-20-13-17(12-18(21(20)40-26)16-34(3)24-29-8-5-9-30-24)19-14-31-25(32-15-19)35-10-6-27(2,7-11-35)22(37)38/h5,8-9,12-15H,4,6-7,10-11,16H2,1-3H3,(H2,28,39)(H,37,38). The monoisotopic (exact) mass is 561 g/mol. The van der Waals surface area contributed by atoms with Crippen LogP contribution >= 0.6 is 11.3 Å². The summed E-state index contributed by atoms with van der Waals surface area (Å²) in [4.78, 5) is 51.7. The van der Waals surface area contributed by atoms with Crippen LogP contribution in [0.15, 0.2) is 43.0 Å². The van der Waals surface area contributed by atoms with E-state index in [1.54, 1.807) is 37.8 Å². The number of carbonyl (C=O) groups is 2. The maximum Gasteiger partial charge on any atom is 0.321 e. The van der Waals surface area contributed by atoms with Crippen molar-refractivity contribution in [1.29, 1.82) is 0 Å². The number of benzene rings is 1. The first-order valence-corrected chi connectivity index (χ1v) is 13.8. The van der Waals surface area contributed by atoms with Crippen LogP contribution in [0.1, 0.15) is 32.3 Å². The van der Waals surface area contributed by atoms with Gasteiger partial charge in [-0.3, -0.25) is 9.69 Å². The molecule has 1 aliphatic heterocycles. The van der Waals surface area contributed by atoms with Crippen molar-refractivity contribution < 1.29 is 14.7 Å². The summed E-state index contributed by atoms with van der Waals surface area (Å²) in [6.07, 6.45) is 8.03. The molecule has 2 amide bonds. The van der Waals surface area contributed by atoms with Crippen molar-refractivity contribution in [2.24, 2.45) is 11.1 Å². The molecule has 208 valence electrons. The predicted molar refractivity (Wildman–Crippen MR) is 155 cm³/mol. The number of hydrogen-bond donors (Lipinski definition) is 2. The lowest BCUT2D eigenvalue weighted by Crippen LogP contribution is -2.43. The molecule has 1 fully saturated rings. The number of carboxylic acid groups (broad SMARTS) is 1. The van der Waals surface area contributed by atoms with E-state index in [0.29, 0.717) is 56.0 Å². The van der Waals surface area contributed by atoms with Gasteiger partial charge in [0, 0.05) is 63.6 Å². The summed E-state index contributed by atoms with van der Waals surface area (Å²) in [5.74, 6) is 0.405.